The molecular weight excluding hydrogens is 338 g/mol. The topological polar surface area (TPSA) is 46.2 Å². The van der Waals surface area contributed by atoms with Crippen molar-refractivity contribution in [2.75, 3.05) is 5.75 Å². The van der Waals surface area contributed by atoms with Gasteiger partial charge in [-0.2, -0.15) is 11.8 Å². The molecule has 0 aromatic heterocycles. The number of nitrogens with two attached hydrogens (primary N) is 1. The number of rotatable bonds is 4. The molecule has 0 radical (unpaired) electrons. The quantitative estimate of drug-likeness (QED) is 0.850. The molecule has 2 aromatic carbocycles. The van der Waals surface area contributed by atoms with Crippen molar-refractivity contribution < 1.29 is 5.11 Å². The molecule has 3 N–H and O–H groups in total. The average molecular weight is 364 g/mol. The third-order valence-electron chi connectivity index (χ3n) is 5.01. The highest BCUT2D eigenvalue weighted by Gasteiger charge is 2.40. The summed E-state index contributed by atoms with van der Waals surface area (Å²) >= 11 is 1.98. The molecule has 1 aliphatic rings. The van der Waals surface area contributed by atoms with Crippen molar-refractivity contribution in [3.63, 3.8) is 0 Å². The van der Waals surface area contributed by atoms with Gasteiger partial charge in [-0.1, -0.05) is 50.2 Å². The van der Waals surface area contributed by atoms with Crippen LogP contribution in [0.2, 0.25) is 0 Å². The van der Waals surface area contributed by atoms with Crippen molar-refractivity contribution in [1.82, 2.24) is 0 Å². The van der Waals surface area contributed by atoms with Gasteiger partial charge in [0, 0.05) is 16.7 Å². The second kappa shape index (κ2) is 7.81. The Morgan fingerprint density at radius 2 is 1.88 bits per heavy atom. The summed E-state index contributed by atoms with van der Waals surface area (Å²) in [7, 11) is 0. The maximum atomic E-state index is 9.79. The van der Waals surface area contributed by atoms with Gasteiger partial charge in [-0.15, -0.1) is 12.4 Å². The molecule has 130 valence electrons. The highest BCUT2D eigenvalue weighted by molar-refractivity contribution is 7.99. The van der Waals surface area contributed by atoms with Gasteiger partial charge in [-0.25, -0.2) is 0 Å². The minimum Gasteiger partial charge on any atom is -0.508 e. The summed E-state index contributed by atoms with van der Waals surface area (Å²) in [6.45, 7) is 4.39. The van der Waals surface area contributed by atoms with E-state index in [4.69, 9.17) is 5.73 Å². The first-order valence-electron chi connectivity index (χ1n) is 8.22. The zero-order valence-corrected chi connectivity index (χ0v) is 15.9. The average Bonchev–Trinajstić information content (AvgIpc) is 2.54. The Balaban J connectivity index is 0.00000208. The van der Waals surface area contributed by atoms with Crippen LogP contribution in [0.1, 0.15) is 30.5 Å². The molecular formula is C20H26ClNOS. The number of thioether (sulfide) groups is 1. The monoisotopic (exact) mass is 363 g/mol. The first-order chi connectivity index (χ1) is 11.0. The van der Waals surface area contributed by atoms with E-state index in [1.165, 1.54) is 16.7 Å². The number of hydrogen-bond acceptors (Lipinski definition) is 3. The van der Waals surface area contributed by atoms with E-state index >= 15 is 0 Å². The van der Waals surface area contributed by atoms with Crippen LogP contribution in [0.5, 0.6) is 5.75 Å². The molecule has 2 nitrogen and oxygen atoms in total. The molecule has 0 spiro atoms. The van der Waals surface area contributed by atoms with E-state index < -0.39 is 0 Å². The Labute approximate surface area is 155 Å². The summed E-state index contributed by atoms with van der Waals surface area (Å²) in [6.07, 6.45) is 2.07. The lowest BCUT2D eigenvalue weighted by atomic mass is 9.69. The van der Waals surface area contributed by atoms with Crippen molar-refractivity contribution in [1.29, 1.82) is 0 Å². The Hall–Kier alpha value is -1.16. The third-order valence-corrected chi connectivity index (χ3v) is 6.34. The Morgan fingerprint density at radius 1 is 1.17 bits per heavy atom. The first kappa shape index (κ1) is 19.2. The third kappa shape index (κ3) is 3.90. The Morgan fingerprint density at radius 3 is 2.58 bits per heavy atom. The number of benzene rings is 2. The lowest BCUT2D eigenvalue weighted by Crippen LogP contribution is -2.52. The summed E-state index contributed by atoms with van der Waals surface area (Å²) in [5.41, 5.74) is 10.4. The molecule has 4 heteroatoms. The van der Waals surface area contributed by atoms with Gasteiger partial charge in [0.1, 0.15) is 5.75 Å². The fourth-order valence-electron chi connectivity index (χ4n) is 3.47. The summed E-state index contributed by atoms with van der Waals surface area (Å²) in [5.74, 6) is 1.42. The van der Waals surface area contributed by atoms with Gasteiger partial charge in [-0.05, 0) is 47.4 Å². The van der Waals surface area contributed by atoms with Gasteiger partial charge in [0.2, 0.25) is 0 Å². The van der Waals surface area contributed by atoms with E-state index in [1.54, 1.807) is 6.07 Å². The summed E-state index contributed by atoms with van der Waals surface area (Å²) < 4.78 is 0. The fourth-order valence-corrected chi connectivity index (χ4v) is 4.97. The molecule has 0 heterocycles. The van der Waals surface area contributed by atoms with Gasteiger partial charge in [0.15, 0.2) is 0 Å². The lowest BCUT2D eigenvalue weighted by molar-refractivity contribution is 0.369. The van der Waals surface area contributed by atoms with Crippen LogP contribution in [0.15, 0.2) is 48.5 Å². The molecule has 24 heavy (non-hydrogen) atoms. The maximum absolute atomic E-state index is 9.79. The van der Waals surface area contributed by atoms with Gasteiger partial charge in [0.05, 0.1) is 0 Å². The van der Waals surface area contributed by atoms with Crippen LogP contribution in [-0.4, -0.2) is 22.2 Å². The summed E-state index contributed by atoms with van der Waals surface area (Å²) in [6, 6.07) is 16.4. The predicted molar refractivity (Wildman–Crippen MR) is 106 cm³/mol. The first-order valence-corrected chi connectivity index (χ1v) is 9.27. The van der Waals surface area contributed by atoms with Gasteiger partial charge in [0.25, 0.3) is 0 Å². The van der Waals surface area contributed by atoms with Crippen LogP contribution < -0.4 is 5.73 Å². The van der Waals surface area contributed by atoms with Crippen LogP contribution in [0, 0.1) is 0 Å². The molecule has 0 fully saturated rings. The van der Waals surface area contributed by atoms with Crippen LogP contribution >= 0.6 is 24.2 Å². The highest BCUT2D eigenvalue weighted by atomic mass is 35.5. The van der Waals surface area contributed by atoms with Crippen LogP contribution in [0.3, 0.4) is 0 Å². The van der Waals surface area contributed by atoms with Crippen molar-refractivity contribution in [2.45, 2.75) is 43.4 Å². The van der Waals surface area contributed by atoms with Crippen LogP contribution in [0.4, 0.5) is 0 Å². The molecule has 0 bridgehead atoms. The largest absolute Gasteiger partial charge is 0.508 e. The number of halogens is 1. The lowest BCUT2D eigenvalue weighted by Gasteiger charge is -2.43. The van der Waals surface area contributed by atoms with Gasteiger partial charge in [-0.3, -0.25) is 0 Å². The Kier molecular flexibility index (Phi) is 6.24. The Bertz CT molecular complexity index is 675. The number of fused-ring (bicyclic) bond motifs is 1. The molecule has 3 rings (SSSR count). The standard InChI is InChI=1S/C20H25NOS.ClH/c1-20(2)17-13-16(22)9-8-15(17)12-18(19(20)21)23-11-10-14-6-4-3-5-7-14;/h3-9,13,18-19,22H,10-12,21H2,1-2H3;1H. The second-order valence-corrected chi connectivity index (χ2v) is 8.28. The van der Waals surface area contributed by atoms with E-state index in [0.717, 1.165) is 18.6 Å². The minimum atomic E-state index is -0.114. The van der Waals surface area contributed by atoms with Crippen LogP contribution in [-0.2, 0) is 18.3 Å². The van der Waals surface area contributed by atoms with E-state index in [0.29, 0.717) is 11.0 Å². The zero-order chi connectivity index (χ0) is 16.4. The van der Waals surface area contributed by atoms with Crippen LogP contribution in [0.25, 0.3) is 0 Å². The van der Waals surface area contributed by atoms with E-state index in [-0.39, 0.29) is 23.9 Å². The van der Waals surface area contributed by atoms with E-state index in [1.807, 2.05) is 17.8 Å². The molecule has 1 aliphatic carbocycles. The van der Waals surface area contributed by atoms with Gasteiger partial charge >= 0.3 is 0 Å². The minimum absolute atomic E-state index is 0. The predicted octanol–water partition coefficient (Wildman–Crippen LogP) is 4.32. The van der Waals surface area contributed by atoms with Crippen molar-refractivity contribution in [3.8, 4) is 5.75 Å². The molecule has 2 unspecified atom stereocenters. The molecule has 2 aromatic rings. The molecule has 2 atom stereocenters. The summed E-state index contributed by atoms with van der Waals surface area (Å²) in [5, 5.41) is 10.2. The molecule has 0 saturated carbocycles. The SMILES string of the molecule is CC1(C)c2cc(O)ccc2CC(SCCc2ccccc2)C1N.Cl. The number of aryl methyl sites for hydroxylation is 1. The maximum Gasteiger partial charge on any atom is 0.115 e. The zero-order valence-electron chi connectivity index (χ0n) is 14.2. The summed E-state index contributed by atoms with van der Waals surface area (Å²) in [4.78, 5) is 0. The normalized spacial score (nSPS) is 21.6. The number of aromatic hydroxyl groups is 1. The van der Waals surface area contributed by atoms with Crippen molar-refractivity contribution in [3.05, 3.63) is 65.2 Å². The van der Waals surface area contributed by atoms with Crippen molar-refractivity contribution >= 4 is 24.2 Å². The van der Waals surface area contributed by atoms with Crippen molar-refractivity contribution in [2.24, 2.45) is 5.73 Å². The number of phenolic OH excluding ortho intramolecular Hbond substituents is 1. The smallest absolute Gasteiger partial charge is 0.115 e. The molecule has 0 amide bonds. The fraction of sp³-hybridized carbons (Fsp3) is 0.400. The van der Waals surface area contributed by atoms with Gasteiger partial charge < -0.3 is 10.8 Å². The molecule has 0 aliphatic heterocycles. The number of phenols is 1. The number of hydrogen-bond donors (Lipinski definition) is 2. The van der Waals surface area contributed by atoms with E-state index in [2.05, 4.69) is 50.2 Å². The highest BCUT2D eigenvalue weighted by Crippen LogP contribution is 2.41. The second-order valence-electron chi connectivity index (χ2n) is 6.94. The molecule has 0 saturated heterocycles. The van der Waals surface area contributed by atoms with E-state index in [9.17, 15) is 5.11 Å².